The molecule has 10 heteroatoms. The Labute approximate surface area is 223 Å². The second-order valence-electron chi connectivity index (χ2n) is 9.94. The zero-order valence-electron chi connectivity index (χ0n) is 20.9. The Morgan fingerprint density at radius 3 is 2.47 bits per heavy atom. The van der Waals surface area contributed by atoms with Gasteiger partial charge in [-0.05, 0) is 43.2 Å². The van der Waals surface area contributed by atoms with Crippen LogP contribution in [-0.2, 0) is 0 Å². The normalized spacial score (nSPS) is 18.7. The van der Waals surface area contributed by atoms with Gasteiger partial charge in [0.25, 0.3) is 0 Å². The number of fused-ring (bicyclic) bond motifs is 3. The van der Waals surface area contributed by atoms with E-state index in [9.17, 15) is 9.50 Å². The van der Waals surface area contributed by atoms with Crippen molar-refractivity contribution in [2.75, 3.05) is 37.0 Å². The highest BCUT2D eigenvalue weighted by molar-refractivity contribution is 6.34. The van der Waals surface area contributed by atoms with E-state index in [-0.39, 0.29) is 27.7 Å². The number of ether oxygens (including phenoxy) is 1. The van der Waals surface area contributed by atoms with Crippen LogP contribution in [0.4, 0.5) is 20.3 Å². The van der Waals surface area contributed by atoms with E-state index in [4.69, 9.17) is 21.3 Å². The van der Waals surface area contributed by atoms with Crippen molar-refractivity contribution in [2.45, 2.75) is 24.9 Å². The lowest BCUT2D eigenvalue weighted by molar-refractivity contribution is 0.437. The summed E-state index contributed by atoms with van der Waals surface area (Å²) in [5.74, 6) is -1.09. The number of phenolic OH excluding ortho intramolecular Hbond substituents is 1. The lowest BCUT2D eigenvalue weighted by atomic mass is 10.0. The average Bonchev–Trinajstić information content (AvgIpc) is 3.23. The molecule has 38 heavy (non-hydrogen) atoms. The first-order valence-electron chi connectivity index (χ1n) is 12.4. The first kappa shape index (κ1) is 24.6. The van der Waals surface area contributed by atoms with E-state index >= 15 is 4.39 Å². The van der Waals surface area contributed by atoms with Crippen LogP contribution in [0.2, 0.25) is 5.02 Å². The minimum Gasteiger partial charge on any atom is -0.507 e. The number of hydrogen-bond acceptors (Lipinski definition) is 7. The molecule has 3 aromatic carbocycles. The summed E-state index contributed by atoms with van der Waals surface area (Å²) in [6.07, 6.45) is 2.10. The molecule has 6 rings (SSSR count). The predicted molar refractivity (Wildman–Crippen MR) is 145 cm³/mol. The van der Waals surface area contributed by atoms with Crippen molar-refractivity contribution in [3.05, 3.63) is 65.2 Å². The third-order valence-electron chi connectivity index (χ3n) is 7.14. The van der Waals surface area contributed by atoms with Crippen molar-refractivity contribution in [2.24, 2.45) is 0 Å². The number of halogens is 3. The molecule has 0 aliphatic carbocycles. The Bertz CT molecular complexity index is 1520. The van der Waals surface area contributed by atoms with Gasteiger partial charge < -0.3 is 25.0 Å². The molecule has 0 saturated carbocycles. The molecule has 2 saturated heterocycles. The minimum absolute atomic E-state index is 0.0424. The van der Waals surface area contributed by atoms with Gasteiger partial charge in [0.1, 0.15) is 28.7 Å². The smallest absolute Gasteiger partial charge is 0.324 e. The third kappa shape index (κ3) is 4.35. The number of piperazine rings is 1. The number of rotatable bonds is 5. The van der Waals surface area contributed by atoms with Gasteiger partial charge in [-0.15, -0.1) is 0 Å². The monoisotopic (exact) mass is 537 g/mol. The van der Waals surface area contributed by atoms with Crippen molar-refractivity contribution in [3.8, 4) is 28.6 Å². The Morgan fingerprint density at radius 1 is 1.03 bits per heavy atom. The van der Waals surface area contributed by atoms with Gasteiger partial charge in [0.05, 0.1) is 10.6 Å². The summed E-state index contributed by atoms with van der Waals surface area (Å²) in [6.45, 7) is 1.38. The Hall–Kier alpha value is -3.69. The summed E-state index contributed by atoms with van der Waals surface area (Å²) >= 11 is 6.54. The topological polar surface area (TPSA) is 73.8 Å². The molecule has 1 aromatic heterocycles. The van der Waals surface area contributed by atoms with Gasteiger partial charge in [0, 0.05) is 62.0 Å². The van der Waals surface area contributed by atoms with Crippen LogP contribution in [0.3, 0.4) is 0 Å². The van der Waals surface area contributed by atoms with Crippen molar-refractivity contribution in [3.63, 3.8) is 0 Å². The first-order chi connectivity index (χ1) is 18.3. The van der Waals surface area contributed by atoms with Crippen LogP contribution in [0.25, 0.3) is 22.0 Å². The van der Waals surface area contributed by atoms with Gasteiger partial charge in [0.15, 0.2) is 5.82 Å². The third-order valence-corrected chi connectivity index (χ3v) is 7.44. The molecule has 0 spiro atoms. The molecule has 3 heterocycles. The second-order valence-corrected chi connectivity index (χ2v) is 10.4. The average molecular weight is 538 g/mol. The van der Waals surface area contributed by atoms with Crippen LogP contribution in [0.5, 0.6) is 17.5 Å². The van der Waals surface area contributed by atoms with E-state index in [1.165, 1.54) is 18.2 Å². The van der Waals surface area contributed by atoms with Crippen LogP contribution >= 0.6 is 11.6 Å². The van der Waals surface area contributed by atoms with Crippen LogP contribution in [0.1, 0.15) is 12.8 Å². The number of aromatic nitrogens is 2. The van der Waals surface area contributed by atoms with E-state index in [1.807, 2.05) is 37.2 Å². The summed E-state index contributed by atoms with van der Waals surface area (Å²) < 4.78 is 37.0. The molecule has 2 bridgehead atoms. The largest absolute Gasteiger partial charge is 0.507 e. The fraction of sp³-hybridized carbons (Fsp3) is 0.286. The number of nitrogens with zero attached hydrogens (tertiary/aromatic N) is 4. The fourth-order valence-corrected chi connectivity index (χ4v) is 5.62. The number of benzene rings is 3. The summed E-state index contributed by atoms with van der Waals surface area (Å²) in [5, 5.41) is 14.3. The standard InChI is InChI=1S/C28H26ClF2N5O2/c1-35(2)17-5-3-6-18(11-17)38-28-33-26-19(27(34-28)36-13-15-9-10-16(14-36)32-15)12-20(29)23(25(26)31)24-21(30)7-4-8-22(24)37/h3-8,11-12,15-16,32,37H,9-10,13-14H2,1-2H3. The summed E-state index contributed by atoms with van der Waals surface area (Å²) in [4.78, 5) is 13.2. The van der Waals surface area contributed by atoms with Gasteiger partial charge >= 0.3 is 6.01 Å². The Kier molecular flexibility index (Phi) is 6.20. The first-order valence-corrected chi connectivity index (χ1v) is 12.8. The molecular formula is C28H26ClF2N5O2. The highest BCUT2D eigenvalue weighted by Gasteiger charge is 2.34. The van der Waals surface area contributed by atoms with Crippen molar-refractivity contribution in [1.29, 1.82) is 0 Å². The molecule has 2 atom stereocenters. The minimum atomic E-state index is -0.860. The lowest BCUT2D eigenvalue weighted by Gasteiger charge is -2.34. The number of hydrogen-bond donors (Lipinski definition) is 2. The van der Waals surface area contributed by atoms with Crippen molar-refractivity contribution in [1.82, 2.24) is 15.3 Å². The van der Waals surface area contributed by atoms with Crippen molar-refractivity contribution < 1.29 is 18.6 Å². The highest BCUT2D eigenvalue weighted by atomic mass is 35.5. The molecule has 2 N–H and O–H groups in total. The lowest BCUT2D eigenvalue weighted by Crippen LogP contribution is -2.51. The molecule has 4 aromatic rings. The quantitative estimate of drug-likeness (QED) is 0.336. The van der Waals surface area contributed by atoms with Gasteiger partial charge in [-0.3, -0.25) is 0 Å². The molecule has 2 unspecified atom stereocenters. The van der Waals surface area contributed by atoms with Gasteiger partial charge in [-0.25, -0.2) is 8.78 Å². The fourth-order valence-electron chi connectivity index (χ4n) is 5.34. The second kappa shape index (κ2) is 9.56. The molecule has 196 valence electrons. The van der Waals surface area contributed by atoms with E-state index < -0.39 is 17.4 Å². The van der Waals surface area contributed by atoms with E-state index in [1.54, 1.807) is 6.07 Å². The van der Waals surface area contributed by atoms with Crippen LogP contribution in [-0.4, -0.2) is 54.3 Å². The van der Waals surface area contributed by atoms with Crippen molar-refractivity contribution >= 4 is 34.0 Å². The zero-order valence-corrected chi connectivity index (χ0v) is 21.6. The number of aromatic hydroxyl groups is 1. The number of nitrogens with one attached hydrogen (secondary N) is 1. The predicted octanol–water partition coefficient (Wildman–Crippen LogP) is 5.73. The van der Waals surface area contributed by atoms with Gasteiger partial charge in [0.2, 0.25) is 0 Å². The van der Waals surface area contributed by atoms with Crippen LogP contribution < -0.4 is 19.9 Å². The van der Waals surface area contributed by atoms with E-state index in [2.05, 4.69) is 15.2 Å². The number of anilines is 2. The molecular weight excluding hydrogens is 512 g/mol. The maximum Gasteiger partial charge on any atom is 0.324 e. The maximum absolute atomic E-state index is 16.2. The molecule has 0 amide bonds. The molecule has 7 nitrogen and oxygen atoms in total. The highest BCUT2D eigenvalue weighted by Crippen LogP contribution is 2.43. The Balaban J connectivity index is 1.54. The Morgan fingerprint density at radius 2 is 1.76 bits per heavy atom. The SMILES string of the molecule is CN(C)c1cccc(Oc2nc(N3CC4CCC(C3)N4)c3cc(Cl)c(-c4c(O)cccc4F)c(F)c3n2)c1. The van der Waals surface area contributed by atoms with Crippen LogP contribution in [0.15, 0.2) is 48.5 Å². The molecule has 2 aliphatic heterocycles. The van der Waals surface area contributed by atoms with Gasteiger partial charge in [-0.1, -0.05) is 23.7 Å². The number of phenols is 1. The summed E-state index contributed by atoms with van der Waals surface area (Å²) in [6, 6.07) is 13.3. The summed E-state index contributed by atoms with van der Waals surface area (Å²) in [5.41, 5.74) is 0.262. The van der Waals surface area contributed by atoms with Gasteiger partial charge in [-0.2, -0.15) is 9.97 Å². The van der Waals surface area contributed by atoms with E-state index in [0.29, 0.717) is 42.1 Å². The molecule has 2 fully saturated rings. The van der Waals surface area contributed by atoms with E-state index in [0.717, 1.165) is 24.6 Å². The maximum atomic E-state index is 16.2. The van der Waals surface area contributed by atoms with Crippen LogP contribution in [0, 0.1) is 11.6 Å². The molecule has 2 aliphatic rings. The summed E-state index contributed by atoms with van der Waals surface area (Å²) in [7, 11) is 3.84. The molecule has 0 radical (unpaired) electrons. The zero-order chi connectivity index (χ0) is 26.6.